The largest absolute Gasteiger partial charge is 0.330 e. The molecule has 3 heteroatoms. The highest BCUT2D eigenvalue weighted by molar-refractivity contribution is 4.82. The third-order valence-electron chi connectivity index (χ3n) is 2.15. The first-order chi connectivity index (χ1) is 4.75. The monoisotopic (exact) mass is 149 g/mol. The van der Waals surface area contributed by atoms with Crippen LogP contribution in [0.5, 0.6) is 0 Å². The lowest BCUT2D eigenvalue weighted by atomic mass is 9.86. The van der Waals surface area contributed by atoms with E-state index < -0.39 is 12.3 Å². The molecule has 3 atom stereocenters. The molecule has 1 aliphatic carbocycles. The van der Waals surface area contributed by atoms with Gasteiger partial charge < -0.3 is 5.73 Å². The van der Waals surface area contributed by atoms with E-state index in [0.29, 0.717) is 6.42 Å². The molecule has 2 N–H and O–H groups in total. The lowest BCUT2D eigenvalue weighted by Gasteiger charge is -2.27. The SMILES string of the molecule is NCC1CCCC(F)C1F. The van der Waals surface area contributed by atoms with E-state index in [2.05, 4.69) is 0 Å². The molecule has 0 bridgehead atoms. The zero-order chi connectivity index (χ0) is 7.56. The van der Waals surface area contributed by atoms with Crippen molar-refractivity contribution in [2.75, 3.05) is 6.54 Å². The summed E-state index contributed by atoms with van der Waals surface area (Å²) in [4.78, 5) is 0. The van der Waals surface area contributed by atoms with Gasteiger partial charge in [0.2, 0.25) is 0 Å². The summed E-state index contributed by atoms with van der Waals surface area (Å²) >= 11 is 0. The van der Waals surface area contributed by atoms with Crippen LogP contribution in [0.15, 0.2) is 0 Å². The second kappa shape index (κ2) is 3.28. The molecule has 1 rings (SSSR count). The van der Waals surface area contributed by atoms with Crippen molar-refractivity contribution in [3.63, 3.8) is 0 Å². The van der Waals surface area contributed by atoms with Crippen LogP contribution in [0.2, 0.25) is 0 Å². The minimum atomic E-state index is -1.31. The summed E-state index contributed by atoms with van der Waals surface area (Å²) in [5.41, 5.74) is 5.25. The van der Waals surface area contributed by atoms with E-state index in [-0.39, 0.29) is 12.5 Å². The van der Waals surface area contributed by atoms with Crippen molar-refractivity contribution >= 4 is 0 Å². The van der Waals surface area contributed by atoms with Gasteiger partial charge in [0.05, 0.1) is 0 Å². The number of hydrogen-bond acceptors (Lipinski definition) is 1. The molecular formula is C7H13F2N. The van der Waals surface area contributed by atoms with Gasteiger partial charge in [-0.25, -0.2) is 8.78 Å². The second-order valence-corrected chi connectivity index (χ2v) is 2.89. The Morgan fingerprint density at radius 1 is 1.30 bits per heavy atom. The Hall–Kier alpha value is -0.180. The molecular weight excluding hydrogens is 136 g/mol. The molecule has 0 saturated heterocycles. The topological polar surface area (TPSA) is 26.0 Å². The maximum Gasteiger partial charge on any atom is 0.135 e. The van der Waals surface area contributed by atoms with Gasteiger partial charge in [-0.3, -0.25) is 0 Å². The first kappa shape index (κ1) is 7.92. The van der Waals surface area contributed by atoms with Crippen LogP contribution >= 0.6 is 0 Å². The van der Waals surface area contributed by atoms with Gasteiger partial charge >= 0.3 is 0 Å². The molecule has 1 aliphatic rings. The maximum absolute atomic E-state index is 12.8. The highest BCUT2D eigenvalue weighted by Crippen LogP contribution is 2.28. The van der Waals surface area contributed by atoms with Crippen LogP contribution < -0.4 is 5.73 Å². The normalized spacial score (nSPS) is 41.7. The fourth-order valence-electron chi connectivity index (χ4n) is 1.44. The van der Waals surface area contributed by atoms with Crippen molar-refractivity contribution in [3.8, 4) is 0 Å². The molecule has 0 heterocycles. The summed E-state index contributed by atoms with van der Waals surface area (Å²) < 4.78 is 25.4. The van der Waals surface area contributed by atoms with E-state index in [1.54, 1.807) is 0 Å². The van der Waals surface area contributed by atoms with Crippen molar-refractivity contribution in [1.29, 1.82) is 0 Å². The van der Waals surface area contributed by atoms with Crippen molar-refractivity contribution in [1.82, 2.24) is 0 Å². The van der Waals surface area contributed by atoms with Crippen LogP contribution in [0.1, 0.15) is 19.3 Å². The van der Waals surface area contributed by atoms with E-state index in [4.69, 9.17) is 5.73 Å². The number of hydrogen-bond donors (Lipinski definition) is 1. The van der Waals surface area contributed by atoms with E-state index in [1.807, 2.05) is 0 Å². The number of alkyl halides is 2. The molecule has 1 saturated carbocycles. The third-order valence-corrected chi connectivity index (χ3v) is 2.15. The van der Waals surface area contributed by atoms with Crippen LogP contribution in [0.3, 0.4) is 0 Å². The van der Waals surface area contributed by atoms with Crippen molar-refractivity contribution in [3.05, 3.63) is 0 Å². The Bertz CT molecular complexity index is 108. The summed E-state index contributed by atoms with van der Waals surface area (Å²) in [5.74, 6) is -0.233. The lowest BCUT2D eigenvalue weighted by molar-refractivity contribution is 0.0706. The summed E-state index contributed by atoms with van der Waals surface area (Å²) in [7, 11) is 0. The van der Waals surface area contributed by atoms with Gasteiger partial charge in [0.25, 0.3) is 0 Å². The lowest BCUT2D eigenvalue weighted by Crippen LogP contribution is -2.35. The number of nitrogens with two attached hydrogens (primary N) is 1. The van der Waals surface area contributed by atoms with Crippen LogP contribution in [-0.2, 0) is 0 Å². The number of halogens is 2. The quantitative estimate of drug-likeness (QED) is 0.599. The van der Waals surface area contributed by atoms with Crippen LogP contribution in [0.25, 0.3) is 0 Å². The molecule has 10 heavy (non-hydrogen) atoms. The standard InChI is InChI=1S/C7H13F2N/c8-6-3-1-2-5(4-10)7(6)9/h5-7H,1-4,10H2. The van der Waals surface area contributed by atoms with Crippen LogP contribution in [0.4, 0.5) is 8.78 Å². The maximum atomic E-state index is 12.8. The Morgan fingerprint density at radius 3 is 2.50 bits per heavy atom. The minimum absolute atomic E-state index is 0.233. The summed E-state index contributed by atoms with van der Waals surface area (Å²) in [6.07, 6.45) is -0.666. The van der Waals surface area contributed by atoms with Crippen molar-refractivity contribution < 1.29 is 8.78 Å². The molecule has 0 aromatic heterocycles. The molecule has 0 amide bonds. The Morgan fingerprint density at radius 2 is 2.00 bits per heavy atom. The molecule has 3 unspecified atom stereocenters. The van der Waals surface area contributed by atoms with Gasteiger partial charge in [0, 0.05) is 5.92 Å². The molecule has 0 radical (unpaired) electrons. The molecule has 0 aliphatic heterocycles. The summed E-state index contributed by atoms with van der Waals surface area (Å²) in [6, 6.07) is 0. The van der Waals surface area contributed by atoms with Crippen LogP contribution in [-0.4, -0.2) is 18.9 Å². The first-order valence-electron chi connectivity index (χ1n) is 3.74. The van der Waals surface area contributed by atoms with E-state index in [9.17, 15) is 8.78 Å². The molecule has 1 nitrogen and oxygen atoms in total. The fraction of sp³-hybridized carbons (Fsp3) is 1.00. The zero-order valence-corrected chi connectivity index (χ0v) is 5.89. The smallest absolute Gasteiger partial charge is 0.135 e. The Kier molecular flexibility index (Phi) is 2.60. The molecule has 1 fully saturated rings. The average molecular weight is 149 g/mol. The average Bonchev–Trinajstić information content (AvgIpc) is 1.95. The second-order valence-electron chi connectivity index (χ2n) is 2.89. The third kappa shape index (κ3) is 1.45. The Balaban J connectivity index is 2.42. The summed E-state index contributed by atoms with van der Waals surface area (Å²) in [5, 5.41) is 0. The van der Waals surface area contributed by atoms with Gasteiger partial charge in [-0.05, 0) is 19.4 Å². The van der Waals surface area contributed by atoms with Gasteiger partial charge in [-0.15, -0.1) is 0 Å². The molecule has 60 valence electrons. The zero-order valence-electron chi connectivity index (χ0n) is 5.89. The predicted molar refractivity (Wildman–Crippen MR) is 36.2 cm³/mol. The van der Waals surface area contributed by atoms with E-state index >= 15 is 0 Å². The van der Waals surface area contributed by atoms with Gasteiger partial charge in [-0.2, -0.15) is 0 Å². The van der Waals surface area contributed by atoms with Crippen molar-refractivity contribution in [2.24, 2.45) is 11.7 Å². The first-order valence-corrected chi connectivity index (χ1v) is 3.74. The van der Waals surface area contributed by atoms with Gasteiger partial charge in [0.15, 0.2) is 0 Å². The minimum Gasteiger partial charge on any atom is -0.330 e. The van der Waals surface area contributed by atoms with E-state index in [1.165, 1.54) is 0 Å². The van der Waals surface area contributed by atoms with Gasteiger partial charge in [0.1, 0.15) is 12.3 Å². The summed E-state index contributed by atoms with van der Waals surface area (Å²) in [6.45, 7) is 0.279. The molecule has 0 aromatic rings. The Labute approximate surface area is 59.6 Å². The molecule has 0 aromatic carbocycles. The van der Waals surface area contributed by atoms with E-state index in [0.717, 1.165) is 12.8 Å². The predicted octanol–water partition coefficient (Wildman–Crippen LogP) is 1.42. The van der Waals surface area contributed by atoms with Gasteiger partial charge in [-0.1, -0.05) is 6.42 Å². The highest BCUT2D eigenvalue weighted by atomic mass is 19.2. The molecule has 0 spiro atoms. The van der Waals surface area contributed by atoms with Crippen LogP contribution in [0, 0.1) is 5.92 Å². The van der Waals surface area contributed by atoms with Crippen molar-refractivity contribution in [2.45, 2.75) is 31.6 Å². The fourth-order valence-corrected chi connectivity index (χ4v) is 1.44. The highest BCUT2D eigenvalue weighted by Gasteiger charge is 2.32. The number of rotatable bonds is 1.